The molecular weight excluding hydrogens is 490 g/mol. The number of benzene rings is 2. The van der Waals surface area contributed by atoms with Crippen LogP contribution in [0.15, 0.2) is 48.5 Å². The molecule has 2 nitrogen and oxygen atoms in total. The first-order valence-electron chi connectivity index (χ1n) is 9.85. The average molecular weight is 507 g/mol. The van der Waals surface area contributed by atoms with Crippen LogP contribution in [0.5, 0.6) is 0 Å². The van der Waals surface area contributed by atoms with Gasteiger partial charge in [-0.1, -0.05) is 24.3 Å². The summed E-state index contributed by atoms with van der Waals surface area (Å²) in [4.78, 5) is -4.35. The summed E-state index contributed by atoms with van der Waals surface area (Å²) in [6.07, 6.45) is -1.43. The van der Waals surface area contributed by atoms with Crippen LogP contribution in [0.1, 0.15) is 24.0 Å². The third-order valence-electron chi connectivity index (χ3n) is 6.72. The van der Waals surface area contributed by atoms with E-state index in [9.17, 15) is 26.3 Å². The van der Waals surface area contributed by atoms with Crippen molar-refractivity contribution in [3.05, 3.63) is 71.3 Å². The van der Waals surface area contributed by atoms with Gasteiger partial charge in [0, 0.05) is 17.0 Å². The van der Waals surface area contributed by atoms with E-state index in [2.05, 4.69) is 0 Å². The first-order chi connectivity index (χ1) is 14.5. The van der Waals surface area contributed by atoms with Crippen LogP contribution >= 0.6 is 15.9 Å². The molecule has 2 aromatic carbocycles. The normalized spacial score (nSPS) is 31.8. The summed E-state index contributed by atoms with van der Waals surface area (Å²) in [5.41, 5.74) is 0.474. The molecule has 5 rings (SSSR count). The summed E-state index contributed by atoms with van der Waals surface area (Å²) in [7, 11) is 0. The maximum atomic E-state index is 14.5. The number of halogens is 7. The van der Waals surface area contributed by atoms with Crippen molar-refractivity contribution in [2.75, 3.05) is 0 Å². The lowest BCUT2D eigenvalue weighted by Gasteiger charge is -2.36. The standard InChI is InChI=1S/C22H17BrF6O2/c23-22(28,29)21(26,27)17-8-11-7-16(17)19-18(11)30-20(31-19,12-3-1-5-14(24)9-12)13-4-2-6-15(25)10-13/h1-6,9-11,16-19H,7-8H2. The predicted molar refractivity (Wildman–Crippen MR) is 102 cm³/mol. The highest BCUT2D eigenvalue weighted by molar-refractivity contribution is 9.10. The molecule has 2 saturated carbocycles. The van der Waals surface area contributed by atoms with Crippen molar-refractivity contribution in [1.82, 2.24) is 0 Å². The van der Waals surface area contributed by atoms with E-state index in [1.165, 1.54) is 48.5 Å². The Morgan fingerprint density at radius 1 is 0.839 bits per heavy atom. The Morgan fingerprint density at radius 3 is 1.90 bits per heavy atom. The molecule has 31 heavy (non-hydrogen) atoms. The Labute approximate surface area is 182 Å². The molecule has 0 spiro atoms. The van der Waals surface area contributed by atoms with E-state index in [0.29, 0.717) is 0 Å². The highest BCUT2D eigenvalue weighted by Gasteiger charge is 2.71. The van der Waals surface area contributed by atoms with E-state index in [0.717, 1.165) is 0 Å². The molecule has 3 aliphatic rings. The summed E-state index contributed by atoms with van der Waals surface area (Å²) in [6.45, 7) is 0. The Hall–Kier alpha value is -1.58. The summed E-state index contributed by atoms with van der Waals surface area (Å²) in [5, 5.41) is 0. The minimum absolute atomic E-state index is 0.147. The zero-order chi connectivity index (χ0) is 22.2. The smallest absolute Gasteiger partial charge is 0.336 e. The maximum absolute atomic E-state index is 14.5. The predicted octanol–water partition coefficient (Wildman–Crippen LogP) is 6.23. The quantitative estimate of drug-likeness (QED) is 0.361. The summed E-state index contributed by atoms with van der Waals surface area (Å²) in [6, 6.07) is 10.7. The molecule has 2 bridgehead atoms. The molecule has 0 amide bonds. The Kier molecular flexibility index (Phi) is 4.77. The van der Waals surface area contributed by atoms with Gasteiger partial charge >= 0.3 is 10.8 Å². The van der Waals surface area contributed by atoms with Gasteiger partial charge in [0.1, 0.15) is 11.6 Å². The van der Waals surface area contributed by atoms with Crippen LogP contribution in [0, 0.1) is 29.4 Å². The summed E-state index contributed by atoms with van der Waals surface area (Å²) in [5.74, 6) is -10.1. The molecule has 9 heteroatoms. The Morgan fingerprint density at radius 2 is 1.39 bits per heavy atom. The number of alkyl halides is 5. The third kappa shape index (κ3) is 3.15. The van der Waals surface area contributed by atoms with Gasteiger partial charge in [-0.25, -0.2) is 8.78 Å². The van der Waals surface area contributed by atoms with Crippen molar-refractivity contribution < 1.29 is 35.8 Å². The fourth-order valence-corrected chi connectivity index (χ4v) is 5.73. The highest BCUT2D eigenvalue weighted by atomic mass is 79.9. The molecule has 5 atom stereocenters. The summed E-state index contributed by atoms with van der Waals surface area (Å²) < 4.78 is 96.7. The van der Waals surface area contributed by atoms with Crippen molar-refractivity contribution in [3.8, 4) is 0 Å². The van der Waals surface area contributed by atoms with E-state index < -0.39 is 58.1 Å². The second-order valence-electron chi connectivity index (χ2n) is 8.42. The van der Waals surface area contributed by atoms with Gasteiger partial charge in [-0.2, -0.15) is 17.6 Å². The first-order valence-corrected chi connectivity index (χ1v) is 10.6. The van der Waals surface area contributed by atoms with Gasteiger partial charge in [-0.15, -0.1) is 0 Å². The van der Waals surface area contributed by atoms with Crippen LogP contribution in [0.3, 0.4) is 0 Å². The van der Waals surface area contributed by atoms with Crippen LogP contribution in [0.2, 0.25) is 0 Å². The molecule has 2 aliphatic carbocycles. The molecule has 2 aromatic rings. The molecule has 166 valence electrons. The average Bonchev–Trinajstić information content (AvgIpc) is 3.38. The van der Waals surface area contributed by atoms with Gasteiger partial charge in [-0.3, -0.25) is 0 Å². The van der Waals surface area contributed by atoms with E-state index in [1.54, 1.807) is 0 Å². The largest absolute Gasteiger partial charge is 0.363 e. The second kappa shape index (κ2) is 6.96. The number of fused-ring (bicyclic) bond motifs is 5. The Balaban J connectivity index is 1.56. The fraction of sp³-hybridized carbons (Fsp3) is 0.455. The Bertz CT molecular complexity index is 964. The van der Waals surface area contributed by atoms with E-state index >= 15 is 0 Å². The maximum Gasteiger partial charge on any atom is 0.363 e. The molecule has 1 saturated heterocycles. The zero-order valence-electron chi connectivity index (χ0n) is 15.9. The second-order valence-corrected chi connectivity index (χ2v) is 9.42. The molecule has 5 unspecified atom stereocenters. The van der Waals surface area contributed by atoms with Crippen molar-refractivity contribution in [2.45, 2.75) is 41.6 Å². The van der Waals surface area contributed by atoms with Crippen molar-refractivity contribution >= 4 is 15.9 Å². The van der Waals surface area contributed by atoms with Crippen molar-refractivity contribution in [2.24, 2.45) is 17.8 Å². The monoisotopic (exact) mass is 506 g/mol. The molecule has 1 aliphatic heterocycles. The topological polar surface area (TPSA) is 18.5 Å². The molecule has 0 radical (unpaired) electrons. The first kappa shape index (κ1) is 21.3. The summed E-state index contributed by atoms with van der Waals surface area (Å²) >= 11 is 1.83. The lowest BCUT2D eigenvalue weighted by Crippen LogP contribution is -2.49. The van der Waals surface area contributed by atoms with E-state index in [4.69, 9.17) is 9.47 Å². The number of ether oxygens (including phenoxy) is 2. The van der Waals surface area contributed by atoms with Crippen LogP contribution in [-0.2, 0) is 15.3 Å². The zero-order valence-corrected chi connectivity index (χ0v) is 17.5. The van der Waals surface area contributed by atoms with Crippen LogP contribution in [0.25, 0.3) is 0 Å². The van der Waals surface area contributed by atoms with Crippen molar-refractivity contribution in [1.29, 1.82) is 0 Å². The van der Waals surface area contributed by atoms with E-state index in [1.807, 2.05) is 15.9 Å². The molecule has 1 heterocycles. The van der Waals surface area contributed by atoms with Gasteiger partial charge < -0.3 is 9.47 Å². The number of rotatable bonds is 4. The minimum Gasteiger partial charge on any atom is -0.336 e. The molecule has 0 N–H and O–H groups in total. The molecule has 0 aromatic heterocycles. The number of hydrogen-bond donors (Lipinski definition) is 0. The lowest BCUT2D eigenvalue weighted by atomic mass is 9.81. The van der Waals surface area contributed by atoms with Crippen molar-refractivity contribution in [3.63, 3.8) is 0 Å². The number of hydrogen-bond acceptors (Lipinski definition) is 2. The van der Waals surface area contributed by atoms with Gasteiger partial charge in [0.15, 0.2) is 0 Å². The third-order valence-corrected chi connectivity index (χ3v) is 7.24. The van der Waals surface area contributed by atoms with Gasteiger partial charge in [0.05, 0.1) is 12.2 Å². The minimum atomic E-state index is -4.35. The highest BCUT2D eigenvalue weighted by Crippen LogP contribution is 2.63. The fourth-order valence-electron chi connectivity index (χ4n) is 5.44. The lowest BCUT2D eigenvalue weighted by molar-refractivity contribution is -0.203. The SMILES string of the molecule is Fc1cccc(C2(c3cccc(F)c3)OC3C4CC(C3O2)C(C(F)(F)C(F)(F)Br)C4)c1. The van der Waals surface area contributed by atoms with Crippen LogP contribution in [0.4, 0.5) is 26.3 Å². The molecular formula is C22H17BrF6O2. The molecule has 3 fully saturated rings. The van der Waals surface area contributed by atoms with E-state index in [-0.39, 0.29) is 24.0 Å². The van der Waals surface area contributed by atoms with Crippen LogP contribution < -0.4 is 0 Å². The van der Waals surface area contributed by atoms with Gasteiger partial charge in [0.25, 0.3) is 0 Å². The van der Waals surface area contributed by atoms with Crippen LogP contribution in [-0.4, -0.2) is 23.0 Å². The van der Waals surface area contributed by atoms with Gasteiger partial charge in [-0.05, 0) is 64.9 Å². The van der Waals surface area contributed by atoms with Gasteiger partial charge in [0.2, 0.25) is 5.79 Å².